The third kappa shape index (κ3) is 3.28. The molecule has 108 valence electrons. The molecule has 0 saturated carbocycles. The number of hydrogen-bond acceptors (Lipinski definition) is 4. The fourth-order valence-electron chi connectivity index (χ4n) is 2.34. The minimum Gasteiger partial charge on any atom is -0.339 e. The predicted molar refractivity (Wildman–Crippen MR) is 83.0 cm³/mol. The first kappa shape index (κ1) is 13.8. The Morgan fingerprint density at radius 2 is 1.90 bits per heavy atom. The predicted octanol–water partition coefficient (Wildman–Crippen LogP) is 3.31. The largest absolute Gasteiger partial charge is 0.339 e. The van der Waals surface area contributed by atoms with E-state index in [1.165, 1.54) is 16.3 Å². The van der Waals surface area contributed by atoms with Gasteiger partial charge in [0, 0.05) is 6.04 Å². The highest BCUT2D eigenvalue weighted by atomic mass is 16.5. The Balaban J connectivity index is 1.79. The molecule has 0 bridgehead atoms. The molecule has 0 unspecified atom stereocenters. The summed E-state index contributed by atoms with van der Waals surface area (Å²) in [5.74, 6) is 1.37. The zero-order valence-corrected chi connectivity index (χ0v) is 12.3. The van der Waals surface area contributed by atoms with Crippen LogP contribution in [0.1, 0.15) is 31.1 Å². The molecular weight excluding hydrogens is 262 g/mol. The van der Waals surface area contributed by atoms with E-state index in [0.717, 1.165) is 0 Å². The van der Waals surface area contributed by atoms with Crippen LogP contribution in [0.3, 0.4) is 0 Å². The van der Waals surface area contributed by atoms with Gasteiger partial charge in [0.05, 0.1) is 13.0 Å². The van der Waals surface area contributed by atoms with Gasteiger partial charge in [0.2, 0.25) is 5.89 Å². The molecule has 1 heterocycles. The van der Waals surface area contributed by atoms with Crippen molar-refractivity contribution in [3.63, 3.8) is 0 Å². The summed E-state index contributed by atoms with van der Waals surface area (Å²) in [4.78, 5) is 4.44. The maximum absolute atomic E-state index is 5.35. The summed E-state index contributed by atoms with van der Waals surface area (Å²) in [5.41, 5.74) is 1.21. The molecule has 0 aliphatic carbocycles. The van der Waals surface area contributed by atoms with E-state index in [9.17, 15) is 0 Å². The van der Waals surface area contributed by atoms with E-state index < -0.39 is 0 Å². The van der Waals surface area contributed by atoms with Crippen molar-refractivity contribution in [2.75, 3.05) is 0 Å². The number of aromatic nitrogens is 2. The molecule has 0 saturated heterocycles. The SMILES string of the molecule is CC(C)NCc1noc(Cc2cccc3ccccc23)n1. The Hall–Kier alpha value is -2.20. The van der Waals surface area contributed by atoms with Gasteiger partial charge in [-0.3, -0.25) is 0 Å². The summed E-state index contributed by atoms with van der Waals surface area (Å²) in [5, 5.41) is 9.77. The van der Waals surface area contributed by atoms with Crippen molar-refractivity contribution < 1.29 is 4.52 Å². The highest BCUT2D eigenvalue weighted by molar-refractivity contribution is 5.85. The van der Waals surface area contributed by atoms with Gasteiger partial charge in [0.15, 0.2) is 5.82 Å². The lowest BCUT2D eigenvalue weighted by molar-refractivity contribution is 0.377. The van der Waals surface area contributed by atoms with Gasteiger partial charge >= 0.3 is 0 Å². The number of nitrogens with one attached hydrogen (secondary N) is 1. The topological polar surface area (TPSA) is 51.0 Å². The summed E-state index contributed by atoms with van der Waals surface area (Å²) in [6.45, 7) is 4.82. The third-order valence-corrected chi connectivity index (χ3v) is 3.40. The van der Waals surface area contributed by atoms with Crippen molar-refractivity contribution in [1.82, 2.24) is 15.5 Å². The minimum atomic E-state index is 0.407. The summed E-state index contributed by atoms with van der Waals surface area (Å²) in [7, 11) is 0. The van der Waals surface area contributed by atoms with E-state index in [2.05, 4.69) is 71.8 Å². The first-order chi connectivity index (χ1) is 10.2. The normalized spacial score (nSPS) is 11.4. The zero-order valence-electron chi connectivity index (χ0n) is 12.3. The summed E-state index contributed by atoms with van der Waals surface area (Å²) < 4.78 is 5.35. The van der Waals surface area contributed by atoms with Gasteiger partial charge in [-0.05, 0) is 16.3 Å². The Labute approximate surface area is 124 Å². The maximum Gasteiger partial charge on any atom is 0.231 e. The van der Waals surface area contributed by atoms with Crippen LogP contribution >= 0.6 is 0 Å². The van der Waals surface area contributed by atoms with Crippen molar-refractivity contribution in [3.05, 3.63) is 59.7 Å². The van der Waals surface area contributed by atoms with Crippen LogP contribution in [0.4, 0.5) is 0 Å². The highest BCUT2D eigenvalue weighted by Gasteiger charge is 2.09. The summed E-state index contributed by atoms with van der Waals surface area (Å²) in [6, 6.07) is 15.0. The Morgan fingerprint density at radius 1 is 1.10 bits per heavy atom. The number of rotatable bonds is 5. The van der Waals surface area contributed by atoms with E-state index in [0.29, 0.717) is 30.7 Å². The smallest absolute Gasteiger partial charge is 0.231 e. The second-order valence-corrected chi connectivity index (χ2v) is 5.45. The molecule has 0 spiro atoms. The number of fused-ring (bicyclic) bond motifs is 1. The van der Waals surface area contributed by atoms with Gasteiger partial charge < -0.3 is 9.84 Å². The van der Waals surface area contributed by atoms with E-state index in [1.807, 2.05) is 0 Å². The molecule has 4 heteroatoms. The maximum atomic E-state index is 5.35. The highest BCUT2D eigenvalue weighted by Crippen LogP contribution is 2.20. The van der Waals surface area contributed by atoms with Gasteiger partial charge in [-0.15, -0.1) is 0 Å². The fraction of sp³-hybridized carbons (Fsp3) is 0.294. The van der Waals surface area contributed by atoms with Crippen LogP contribution in [0.2, 0.25) is 0 Å². The molecule has 4 nitrogen and oxygen atoms in total. The van der Waals surface area contributed by atoms with Crippen LogP contribution in [0.25, 0.3) is 10.8 Å². The molecule has 0 fully saturated rings. The van der Waals surface area contributed by atoms with Crippen molar-refractivity contribution in [1.29, 1.82) is 0 Å². The molecule has 1 N–H and O–H groups in total. The molecule has 0 radical (unpaired) electrons. The molecule has 3 aromatic rings. The van der Waals surface area contributed by atoms with E-state index in [1.54, 1.807) is 0 Å². The van der Waals surface area contributed by atoms with Crippen LogP contribution in [-0.4, -0.2) is 16.2 Å². The lowest BCUT2D eigenvalue weighted by Gasteiger charge is -2.04. The lowest BCUT2D eigenvalue weighted by Crippen LogP contribution is -2.22. The van der Waals surface area contributed by atoms with Crippen LogP contribution in [0, 0.1) is 0 Å². The molecule has 0 atom stereocenters. The minimum absolute atomic E-state index is 0.407. The second kappa shape index (κ2) is 6.06. The summed E-state index contributed by atoms with van der Waals surface area (Å²) >= 11 is 0. The fourth-order valence-corrected chi connectivity index (χ4v) is 2.34. The first-order valence-electron chi connectivity index (χ1n) is 7.24. The van der Waals surface area contributed by atoms with E-state index in [4.69, 9.17) is 4.52 Å². The summed E-state index contributed by atoms with van der Waals surface area (Å²) in [6.07, 6.45) is 0.663. The third-order valence-electron chi connectivity index (χ3n) is 3.40. The quantitative estimate of drug-likeness (QED) is 0.779. The van der Waals surface area contributed by atoms with Gasteiger partial charge in [-0.1, -0.05) is 61.5 Å². The van der Waals surface area contributed by atoms with Gasteiger partial charge in [-0.2, -0.15) is 4.98 Å². The Kier molecular flexibility index (Phi) is 3.97. The molecule has 1 aromatic heterocycles. The molecule has 2 aromatic carbocycles. The lowest BCUT2D eigenvalue weighted by atomic mass is 10.0. The number of benzene rings is 2. The first-order valence-corrected chi connectivity index (χ1v) is 7.24. The van der Waals surface area contributed by atoms with Crippen LogP contribution in [0.15, 0.2) is 47.0 Å². The zero-order chi connectivity index (χ0) is 14.7. The molecule has 21 heavy (non-hydrogen) atoms. The van der Waals surface area contributed by atoms with Crippen LogP contribution in [0.5, 0.6) is 0 Å². The average Bonchev–Trinajstić information content (AvgIpc) is 2.93. The Bertz CT molecular complexity index is 728. The molecule has 3 rings (SSSR count). The van der Waals surface area contributed by atoms with Gasteiger partial charge in [0.25, 0.3) is 0 Å². The molecule has 0 amide bonds. The van der Waals surface area contributed by atoms with Crippen LogP contribution in [-0.2, 0) is 13.0 Å². The molecule has 0 aliphatic rings. The second-order valence-electron chi connectivity index (χ2n) is 5.45. The standard InChI is InChI=1S/C17H19N3O/c1-12(2)18-11-16-19-17(21-20-16)10-14-8-5-7-13-6-3-4-9-15(13)14/h3-9,12,18H,10-11H2,1-2H3. The van der Waals surface area contributed by atoms with Crippen molar-refractivity contribution in [2.24, 2.45) is 0 Å². The average molecular weight is 281 g/mol. The molecular formula is C17H19N3O. The van der Waals surface area contributed by atoms with Gasteiger partial charge in [0.1, 0.15) is 0 Å². The number of nitrogens with zero attached hydrogens (tertiary/aromatic N) is 2. The van der Waals surface area contributed by atoms with Gasteiger partial charge in [-0.25, -0.2) is 0 Å². The van der Waals surface area contributed by atoms with Crippen molar-refractivity contribution >= 4 is 10.8 Å². The monoisotopic (exact) mass is 281 g/mol. The van der Waals surface area contributed by atoms with Crippen LogP contribution < -0.4 is 5.32 Å². The number of hydrogen-bond donors (Lipinski definition) is 1. The van der Waals surface area contributed by atoms with Crippen molar-refractivity contribution in [2.45, 2.75) is 32.9 Å². The molecule has 0 aliphatic heterocycles. The Morgan fingerprint density at radius 3 is 2.76 bits per heavy atom. The van der Waals surface area contributed by atoms with E-state index in [-0.39, 0.29) is 0 Å². The van der Waals surface area contributed by atoms with E-state index >= 15 is 0 Å². The van der Waals surface area contributed by atoms with Crippen molar-refractivity contribution in [3.8, 4) is 0 Å².